The van der Waals surface area contributed by atoms with Crippen molar-refractivity contribution in [3.63, 3.8) is 0 Å². The molecule has 3 rings (SSSR count). The second-order valence-corrected chi connectivity index (χ2v) is 4.96. The van der Waals surface area contributed by atoms with Crippen LogP contribution in [0.5, 0.6) is 5.75 Å². The van der Waals surface area contributed by atoms with Crippen molar-refractivity contribution in [1.82, 2.24) is 9.78 Å². The number of ether oxygens (including phenoxy) is 1. The average molecular weight is 308 g/mol. The first-order valence-electron chi connectivity index (χ1n) is 7.12. The van der Waals surface area contributed by atoms with Crippen molar-refractivity contribution >= 4 is 11.4 Å². The third kappa shape index (κ3) is 3.06. The predicted molar refractivity (Wildman–Crippen MR) is 88.3 cm³/mol. The minimum atomic E-state index is -0.231. The van der Waals surface area contributed by atoms with Crippen LogP contribution in [0.25, 0.3) is 5.69 Å². The molecule has 1 aromatic heterocycles. The summed E-state index contributed by atoms with van der Waals surface area (Å²) in [5.74, 6) is 0.744. The Morgan fingerprint density at radius 2 is 1.70 bits per heavy atom. The van der Waals surface area contributed by atoms with Crippen LogP contribution >= 0.6 is 0 Å². The van der Waals surface area contributed by atoms with Gasteiger partial charge in [-0.3, -0.25) is 9.89 Å². The number of aromatic nitrogens is 2. The Morgan fingerprint density at radius 1 is 1.00 bits per heavy atom. The summed E-state index contributed by atoms with van der Waals surface area (Å²) in [4.78, 5) is 12.5. The molecule has 0 saturated carbocycles. The number of nitrogens with one attached hydrogen (secondary N) is 1. The van der Waals surface area contributed by atoms with Crippen molar-refractivity contribution in [3.8, 4) is 11.4 Å². The molecule has 0 saturated heterocycles. The topological polar surface area (TPSA) is 71.7 Å². The molecule has 0 atom stereocenters. The Bertz CT molecular complexity index is 877. The van der Waals surface area contributed by atoms with E-state index in [0.29, 0.717) is 17.1 Å². The summed E-state index contributed by atoms with van der Waals surface area (Å²) in [5.41, 5.74) is 2.13. The molecular formula is C17H16N4O2. The van der Waals surface area contributed by atoms with Crippen LogP contribution in [0.2, 0.25) is 0 Å². The van der Waals surface area contributed by atoms with Crippen LogP contribution in [-0.4, -0.2) is 16.9 Å². The number of benzene rings is 2. The van der Waals surface area contributed by atoms with Crippen LogP contribution in [0.4, 0.5) is 11.4 Å². The van der Waals surface area contributed by atoms with E-state index in [1.807, 2.05) is 30.3 Å². The maximum absolute atomic E-state index is 12.5. The van der Waals surface area contributed by atoms with Crippen molar-refractivity contribution < 1.29 is 4.74 Å². The normalized spacial score (nSPS) is 11.0. The zero-order chi connectivity index (χ0) is 16.2. The van der Waals surface area contributed by atoms with Gasteiger partial charge in [0.15, 0.2) is 5.69 Å². The maximum Gasteiger partial charge on any atom is 0.299 e. The molecule has 116 valence electrons. The molecule has 6 heteroatoms. The Morgan fingerprint density at radius 3 is 2.35 bits per heavy atom. The fourth-order valence-corrected chi connectivity index (χ4v) is 2.17. The van der Waals surface area contributed by atoms with Crippen molar-refractivity contribution in [2.45, 2.75) is 6.92 Å². The molecule has 0 bridgehead atoms. The third-order valence-corrected chi connectivity index (χ3v) is 3.39. The van der Waals surface area contributed by atoms with Gasteiger partial charge in [0.1, 0.15) is 5.75 Å². The number of aromatic amines is 1. The summed E-state index contributed by atoms with van der Waals surface area (Å²) >= 11 is 0. The number of hydrogen-bond acceptors (Lipinski definition) is 4. The molecule has 3 aromatic rings. The Balaban J connectivity index is 1.93. The van der Waals surface area contributed by atoms with Crippen LogP contribution in [0, 0.1) is 6.92 Å². The van der Waals surface area contributed by atoms with Gasteiger partial charge in [-0.2, -0.15) is 5.11 Å². The first kappa shape index (κ1) is 14.8. The molecule has 2 aromatic carbocycles. The van der Waals surface area contributed by atoms with Crippen LogP contribution in [-0.2, 0) is 0 Å². The van der Waals surface area contributed by atoms with E-state index in [0.717, 1.165) is 11.4 Å². The van der Waals surface area contributed by atoms with Gasteiger partial charge in [0, 0.05) is 0 Å². The number of methoxy groups -OCH3 is 1. The van der Waals surface area contributed by atoms with E-state index in [1.165, 1.54) is 4.68 Å². The van der Waals surface area contributed by atoms with E-state index in [1.54, 1.807) is 38.3 Å². The van der Waals surface area contributed by atoms with Crippen LogP contribution in [0.1, 0.15) is 5.69 Å². The average Bonchev–Trinajstić information content (AvgIpc) is 2.88. The fraction of sp³-hybridized carbons (Fsp3) is 0.118. The largest absolute Gasteiger partial charge is 0.497 e. The molecule has 23 heavy (non-hydrogen) atoms. The molecule has 0 spiro atoms. The summed E-state index contributed by atoms with van der Waals surface area (Å²) in [6, 6.07) is 16.5. The second kappa shape index (κ2) is 6.31. The van der Waals surface area contributed by atoms with Crippen LogP contribution in [0.15, 0.2) is 69.6 Å². The monoisotopic (exact) mass is 308 g/mol. The highest BCUT2D eigenvalue weighted by Gasteiger charge is 2.11. The molecule has 0 amide bonds. The maximum atomic E-state index is 12.5. The minimum Gasteiger partial charge on any atom is -0.497 e. The second-order valence-electron chi connectivity index (χ2n) is 4.96. The van der Waals surface area contributed by atoms with Gasteiger partial charge in [-0.15, -0.1) is 5.11 Å². The van der Waals surface area contributed by atoms with Gasteiger partial charge in [-0.05, 0) is 43.3 Å². The van der Waals surface area contributed by atoms with Gasteiger partial charge in [-0.25, -0.2) is 4.68 Å². The standard InChI is InChI=1S/C17H16N4O2/c1-12-16(19-18-13-8-10-15(23-2)11-9-13)17(22)21(20-12)14-6-4-3-5-7-14/h3-11,20H,1-2H3. The molecule has 0 aliphatic heterocycles. The fourth-order valence-electron chi connectivity index (χ4n) is 2.17. The zero-order valence-corrected chi connectivity index (χ0v) is 12.9. The number of rotatable bonds is 4. The van der Waals surface area contributed by atoms with Crippen molar-refractivity contribution in [3.05, 3.63) is 70.6 Å². The van der Waals surface area contributed by atoms with Crippen molar-refractivity contribution in [2.24, 2.45) is 10.2 Å². The quantitative estimate of drug-likeness (QED) is 0.742. The molecule has 0 aliphatic rings. The number of H-pyrrole nitrogens is 1. The number of aryl methyl sites for hydroxylation is 1. The highest BCUT2D eigenvalue weighted by atomic mass is 16.5. The highest BCUT2D eigenvalue weighted by molar-refractivity contribution is 5.45. The summed E-state index contributed by atoms with van der Waals surface area (Å²) < 4.78 is 6.55. The van der Waals surface area contributed by atoms with Crippen molar-refractivity contribution in [2.75, 3.05) is 7.11 Å². The van der Waals surface area contributed by atoms with E-state index in [9.17, 15) is 4.79 Å². The summed E-state index contributed by atoms with van der Waals surface area (Å²) in [5, 5.41) is 11.2. The Kier molecular flexibility index (Phi) is 4.05. The van der Waals surface area contributed by atoms with E-state index in [2.05, 4.69) is 15.3 Å². The van der Waals surface area contributed by atoms with Gasteiger partial charge in [0.25, 0.3) is 5.56 Å². The smallest absolute Gasteiger partial charge is 0.299 e. The number of azo groups is 1. The molecule has 0 aliphatic carbocycles. The van der Waals surface area contributed by atoms with Gasteiger partial charge in [0.05, 0.1) is 24.2 Å². The predicted octanol–water partition coefficient (Wildman–Crippen LogP) is 3.90. The Labute approximate surface area is 133 Å². The Hall–Kier alpha value is -3.15. The van der Waals surface area contributed by atoms with Gasteiger partial charge in [-0.1, -0.05) is 18.2 Å². The van der Waals surface area contributed by atoms with Crippen LogP contribution in [0.3, 0.4) is 0 Å². The molecule has 0 radical (unpaired) electrons. The molecular weight excluding hydrogens is 292 g/mol. The molecule has 0 fully saturated rings. The number of nitrogens with zero attached hydrogens (tertiary/aromatic N) is 3. The molecule has 6 nitrogen and oxygen atoms in total. The lowest BCUT2D eigenvalue weighted by Crippen LogP contribution is -2.13. The lowest BCUT2D eigenvalue weighted by atomic mass is 10.3. The molecule has 0 unspecified atom stereocenters. The van der Waals surface area contributed by atoms with E-state index >= 15 is 0 Å². The lowest BCUT2D eigenvalue weighted by molar-refractivity contribution is 0.415. The number of para-hydroxylation sites is 1. The molecule has 1 heterocycles. The van der Waals surface area contributed by atoms with E-state index < -0.39 is 0 Å². The van der Waals surface area contributed by atoms with E-state index in [4.69, 9.17) is 4.74 Å². The SMILES string of the molecule is COc1ccc(N=Nc2c(C)[nH]n(-c3ccccc3)c2=O)cc1. The minimum absolute atomic E-state index is 0.231. The van der Waals surface area contributed by atoms with Crippen LogP contribution < -0.4 is 10.3 Å². The molecule has 1 N–H and O–H groups in total. The lowest BCUT2D eigenvalue weighted by Gasteiger charge is -1.99. The summed E-state index contributed by atoms with van der Waals surface area (Å²) in [6.07, 6.45) is 0. The number of hydrogen-bond donors (Lipinski definition) is 1. The first-order chi connectivity index (χ1) is 11.2. The van der Waals surface area contributed by atoms with Gasteiger partial charge < -0.3 is 4.74 Å². The zero-order valence-electron chi connectivity index (χ0n) is 12.9. The highest BCUT2D eigenvalue weighted by Crippen LogP contribution is 2.21. The van der Waals surface area contributed by atoms with Gasteiger partial charge in [0.2, 0.25) is 0 Å². The van der Waals surface area contributed by atoms with Crippen molar-refractivity contribution in [1.29, 1.82) is 0 Å². The first-order valence-corrected chi connectivity index (χ1v) is 7.12. The van der Waals surface area contributed by atoms with E-state index in [-0.39, 0.29) is 5.56 Å². The summed E-state index contributed by atoms with van der Waals surface area (Å²) in [7, 11) is 1.60. The summed E-state index contributed by atoms with van der Waals surface area (Å²) in [6.45, 7) is 1.79. The van der Waals surface area contributed by atoms with Gasteiger partial charge >= 0.3 is 0 Å². The third-order valence-electron chi connectivity index (χ3n) is 3.39.